The Labute approximate surface area is 105 Å². The molecule has 1 N–H and O–H groups in total. The zero-order chi connectivity index (χ0) is 13.5. The number of carbonyl (C=O) groups is 3. The van der Waals surface area contributed by atoms with Crippen LogP contribution in [0, 0.1) is 0 Å². The summed E-state index contributed by atoms with van der Waals surface area (Å²) in [6.07, 6.45) is -0.933. The lowest BCUT2D eigenvalue weighted by Gasteiger charge is -2.30. The first-order chi connectivity index (χ1) is 8.54. The summed E-state index contributed by atoms with van der Waals surface area (Å²) in [5.74, 6) is -1.76. The van der Waals surface area contributed by atoms with Gasteiger partial charge >= 0.3 is 11.9 Å². The van der Waals surface area contributed by atoms with Gasteiger partial charge in [0.2, 0.25) is 5.91 Å². The van der Waals surface area contributed by atoms with Crippen LogP contribution in [0.25, 0.3) is 0 Å². The van der Waals surface area contributed by atoms with Gasteiger partial charge in [0.25, 0.3) is 0 Å². The fraction of sp³-hybridized carbons (Fsp3) is 0.727. The Morgan fingerprint density at radius 1 is 1.39 bits per heavy atom. The van der Waals surface area contributed by atoms with E-state index in [0.717, 1.165) is 0 Å². The van der Waals surface area contributed by atoms with E-state index < -0.39 is 18.0 Å². The first-order valence-electron chi connectivity index (χ1n) is 5.82. The van der Waals surface area contributed by atoms with Crippen LogP contribution in [0.2, 0.25) is 0 Å². The summed E-state index contributed by atoms with van der Waals surface area (Å²) in [6, 6.07) is 0. The number of rotatable bonds is 5. The van der Waals surface area contributed by atoms with Gasteiger partial charge in [-0.15, -0.1) is 0 Å². The molecule has 1 amide bonds. The fourth-order valence-corrected chi connectivity index (χ4v) is 1.63. The molecule has 0 saturated carbocycles. The van der Waals surface area contributed by atoms with E-state index in [1.54, 1.807) is 6.92 Å². The number of carbonyl (C=O) groups excluding carboxylic acids is 2. The van der Waals surface area contributed by atoms with E-state index >= 15 is 0 Å². The first-order valence-corrected chi connectivity index (χ1v) is 5.82. The SMILES string of the molecule is CCOC(=O)CCC(=O)N1CCOC(C(=O)O)C1. The average molecular weight is 259 g/mol. The van der Waals surface area contributed by atoms with E-state index in [-0.39, 0.29) is 38.5 Å². The van der Waals surface area contributed by atoms with E-state index in [1.807, 2.05) is 0 Å². The highest BCUT2D eigenvalue weighted by atomic mass is 16.5. The number of amides is 1. The van der Waals surface area contributed by atoms with Gasteiger partial charge in [-0.05, 0) is 6.92 Å². The van der Waals surface area contributed by atoms with Crippen LogP contribution in [-0.2, 0) is 23.9 Å². The maximum atomic E-state index is 11.7. The van der Waals surface area contributed by atoms with Gasteiger partial charge in [0, 0.05) is 13.0 Å². The standard InChI is InChI=1S/C11H17NO6/c1-2-17-10(14)4-3-9(13)12-5-6-18-8(7-12)11(15)16/h8H,2-7H2,1H3,(H,15,16). The fourth-order valence-electron chi connectivity index (χ4n) is 1.63. The molecular weight excluding hydrogens is 242 g/mol. The molecule has 0 spiro atoms. The van der Waals surface area contributed by atoms with Gasteiger partial charge in [0.15, 0.2) is 6.10 Å². The summed E-state index contributed by atoms with van der Waals surface area (Å²) in [4.78, 5) is 35.0. The second kappa shape index (κ2) is 6.95. The third-order valence-corrected chi connectivity index (χ3v) is 2.54. The van der Waals surface area contributed by atoms with E-state index in [2.05, 4.69) is 0 Å². The molecule has 18 heavy (non-hydrogen) atoms. The van der Waals surface area contributed by atoms with Crippen LogP contribution in [0.1, 0.15) is 19.8 Å². The number of carboxylic acids is 1. The molecule has 7 heteroatoms. The van der Waals surface area contributed by atoms with Crippen molar-refractivity contribution in [2.24, 2.45) is 0 Å². The highest BCUT2D eigenvalue weighted by Crippen LogP contribution is 2.08. The van der Waals surface area contributed by atoms with Crippen LogP contribution >= 0.6 is 0 Å². The maximum absolute atomic E-state index is 11.7. The predicted molar refractivity (Wildman–Crippen MR) is 59.8 cm³/mol. The normalized spacial score (nSPS) is 19.4. The third-order valence-electron chi connectivity index (χ3n) is 2.54. The number of esters is 1. The summed E-state index contributed by atoms with van der Waals surface area (Å²) < 4.78 is 9.71. The van der Waals surface area contributed by atoms with Crippen molar-refractivity contribution in [3.63, 3.8) is 0 Å². The maximum Gasteiger partial charge on any atom is 0.334 e. The first kappa shape index (κ1) is 14.4. The van der Waals surface area contributed by atoms with Crippen LogP contribution in [0.4, 0.5) is 0 Å². The Kier molecular flexibility index (Phi) is 5.57. The highest BCUT2D eigenvalue weighted by molar-refractivity contribution is 5.82. The van der Waals surface area contributed by atoms with E-state index in [0.29, 0.717) is 6.54 Å². The number of morpholine rings is 1. The van der Waals surface area contributed by atoms with Crippen molar-refractivity contribution >= 4 is 17.8 Å². The van der Waals surface area contributed by atoms with Crippen LogP contribution in [0.15, 0.2) is 0 Å². The molecule has 0 bridgehead atoms. The van der Waals surface area contributed by atoms with Gasteiger partial charge in [0.05, 0.1) is 26.2 Å². The molecule has 0 aromatic carbocycles. The summed E-state index contributed by atoms with van der Waals surface area (Å²) in [7, 11) is 0. The summed E-state index contributed by atoms with van der Waals surface area (Å²) in [6.45, 7) is 2.55. The molecular formula is C11H17NO6. The third kappa shape index (κ3) is 4.33. The molecule has 1 atom stereocenters. The van der Waals surface area contributed by atoms with Crippen molar-refractivity contribution in [1.29, 1.82) is 0 Å². The van der Waals surface area contributed by atoms with Crippen molar-refractivity contribution in [1.82, 2.24) is 4.90 Å². The Bertz CT molecular complexity index is 329. The van der Waals surface area contributed by atoms with E-state index in [4.69, 9.17) is 14.6 Å². The smallest absolute Gasteiger partial charge is 0.334 e. The molecule has 7 nitrogen and oxygen atoms in total. The number of nitrogens with zero attached hydrogens (tertiary/aromatic N) is 1. The Morgan fingerprint density at radius 2 is 2.11 bits per heavy atom. The zero-order valence-electron chi connectivity index (χ0n) is 10.3. The number of ether oxygens (including phenoxy) is 2. The van der Waals surface area contributed by atoms with Crippen LogP contribution < -0.4 is 0 Å². The molecule has 0 aromatic rings. The minimum absolute atomic E-state index is 0.0156. The van der Waals surface area contributed by atoms with Gasteiger partial charge in [-0.3, -0.25) is 9.59 Å². The van der Waals surface area contributed by atoms with Gasteiger partial charge in [-0.1, -0.05) is 0 Å². The minimum Gasteiger partial charge on any atom is -0.479 e. The molecule has 1 aliphatic rings. The number of hydrogen-bond donors (Lipinski definition) is 1. The Balaban J connectivity index is 2.37. The molecule has 102 valence electrons. The van der Waals surface area contributed by atoms with Crippen LogP contribution in [0.5, 0.6) is 0 Å². The molecule has 1 heterocycles. The summed E-state index contributed by atoms with van der Waals surface area (Å²) >= 11 is 0. The quantitative estimate of drug-likeness (QED) is 0.678. The van der Waals surface area contributed by atoms with Gasteiger partial charge in [-0.2, -0.15) is 0 Å². The van der Waals surface area contributed by atoms with Crippen molar-refractivity contribution in [2.45, 2.75) is 25.9 Å². The van der Waals surface area contributed by atoms with Crippen molar-refractivity contribution < 1.29 is 29.0 Å². The van der Waals surface area contributed by atoms with E-state index in [1.165, 1.54) is 4.90 Å². The molecule has 0 radical (unpaired) electrons. The van der Waals surface area contributed by atoms with Gasteiger partial charge in [-0.25, -0.2) is 4.79 Å². The molecule has 1 saturated heterocycles. The molecule has 1 aliphatic heterocycles. The lowest BCUT2D eigenvalue weighted by Crippen LogP contribution is -2.48. The van der Waals surface area contributed by atoms with Crippen molar-refractivity contribution in [3.8, 4) is 0 Å². The second-order valence-corrected chi connectivity index (χ2v) is 3.84. The lowest BCUT2D eigenvalue weighted by atomic mass is 10.2. The van der Waals surface area contributed by atoms with E-state index in [9.17, 15) is 14.4 Å². The largest absolute Gasteiger partial charge is 0.479 e. The van der Waals surface area contributed by atoms with Crippen LogP contribution in [0.3, 0.4) is 0 Å². The van der Waals surface area contributed by atoms with Crippen LogP contribution in [-0.4, -0.2) is 60.3 Å². The van der Waals surface area contributed by atoms with Crippen molar-refractivity contribution in [3.05, 3.63) is 0 Å². The predicted octanol–water partition coefficient (Wildman–Crippen LogP) is -0.358. The topological polar surface area (TPSA) is 93.1 Å². The highest BCUT2D eigenvalue weighted by Gasteiger charge is 2.28. The summed E-state index contributed by atoms with van der Waals surface area (Å²) in [5, 5.41) is 8.79. The monoisotopic (exact) mass is 259 g/mol. The molecule has 0 aliphatic carbocycles. The Morgan fingerprint density at radius 3 is 2.72 bits per heavy atom. The summed E-state index contributed by atoms with van der Waals surface area (Å²) in [5.41, 5.74) is 0. The van der Waals surface area contributed by atoms with Gasteiger partial charge in [0.1, 0.15) is 0 Å². The molecule has 0 aromatic heterocycles. The minimum atomic E-state index is -1.09. The number of hydrogen-bond acceptors (Lipinski definition) is 5. The lowest BCUT2D eigenvalue weighted by molar-refractivity contribution is -0.160. The zero-order valence-corrected chi connectivity index (χ0v) is 10.3. The van der Waals surface area contributed by atoms with Gasteiger partial charge < -0.3 is 19.5 Å². The average Bonchev–Trinajstić information content (AvgIpc) is 2.36. The molecule has 1 rings (SSSR count). The molecule has 1 unspecified atom stereocenters. The second-order valence-electron chi connectivity index (χ2n) is 3.84. The Hall–Kier alpha value is -1.63. The number of aliphatic carboxylic acids is 1. The van der Waals surface area contributed by atoms with Crippen molar-refractivity contribution in [2.75, 3.05) is 26.3 Å². The number of carboxylic acid groups (broad SMARTS) is 1. The molecule has 1 fully saturated rings.